The van der Waals surface area contributed by atoms with Gasteiger partial charge in [-0.2, -0.15) is 0 Å². The molecular formula is C68H50Si. The van der Waals surface area contributed by atoms with Crippen molar-refractivity contribution in [2.24, 2.45) is 0 Å². The lowest BCUT2D eigenvalue weighted by atomic mass is 9.79. The largest absolute Gasteiger partial charge is 0.113 e. The van der Waals surface area contributed by atoms with Crippen LogP contribution in [-0.2, 0) is 10.8 Å². The highest BCUT2D eigenvalue weighted by Gasteiger charge is 2.40. The number of rotatable bonds is 3. The highest BCUT2D eigenvalue weighted by Crippen LogP contribution is 2.55. The van der Waals surface area contributed by atoms with E-state index in [1.54, 1.807) is 0 Å². The minimum atomic E-state index is -2.06. The maximum absolute atomic E-state index is 2.66. The summed E-state index contributed by atoms with van der Waals surface area (Å²) < 4.78 is 0. The van der Waals surface area contributed by atoms with Crippen LogP contribution in [0.3, 0.4) is 0 Å². The molecule has 3 aliphatic carbocycles. The van der Waals surface area contributed by atoms with E-state index >= 15 is 0 Å². The first-order valence-electron chi connectivity index (χ1n) is 24.8. The maximum Gasteiger partial charge on any atom is 0.113 e. The molecule has 0 unspecified atom stereocenters. The van der Waals surface area contributed by atoms with Crippen LogP contribution in [-0.4, -0.2) is 8.07 Å². The Labute approximate surface area is 405 Å². The summed E-state index contributed by atoms with van der Waals surface area (Å²) in [6.45, 7) is 14.8. The van der Waals surface area contributed by atoms with Crippen molar-refractivity contribution >= 4 is 50.8 Å². The van der Waals surface area contributed by atoms with E-state index in [-0.39, 0.29) is 10.8 Å². The summed E-state index contributed by atoms with van der Waals surface area (Å²) in [6.07, 6.45) is 0. The van der Waals surface area contributed by atoms with Gasteiger partial charge in [-0.15, -0.1) is 0 Å². The molecule has 1 aliphatic heterocycles. The predicted octanol–water partition coefficient (Wildman–Crippen LogP) is 17.2. The standard InChI is InChI=1S/C68H50Si/c1-67(2)58-23-12-9-18-45(58)47-29-27-40(35-60(47)67)64-53-31-26-39(42-32-33-52-44-17-8-7-16-43(44)51-22-15-21-50(42)66(51)52)34-55(53)65(41-28-30-48-46-19-10-13-24-59(46)68(3,4)61(48)36-41)57-38-63-54(37-56(57)64)49-20-11-14-25-62(49)69(63,5)6/h7-38H,1-6H3. The van der Waals surface area contributed by atoms with Crippen LogP contribution in [0.5, 0.6) is 0 Å². The van der Waals surface area contributed by atoms with Gasteiger partial charge in [-0.05, 0) is 178 Å². The van der Waals surface area contributed by atoms with E-state index in [9.17, 15) is 0 Å². The topological polar surface area (TPSA) is 0 Å². The molecule has 0 nitrogen and oxygen atoms in total. The third-order valence-electron chi connectivity index (χ3n) is 17.4. The van der Waals surface area contributed by atoms with E-state index in [0.29, 0.717) is 0 Å². The van der Waals surface area contributed by atoms with Gasteiger partial charge in [0.2, 0.25) is 0 Å². The average Bonchev–Trinajstić information content (AvgIpc) is 3.99. The minimum Gasteiger partial charge on any atom is -0.0623 e. The molecule has 11 aromatic carbocycles. The first-order chi connectivity index (χ1) is 33.5. The molecule has 0 aromatic heterocycles. The van der Waals surface area contributed by atoms with Crippen LogP contribution in [0.2, 0.25) is 13.1 Å². The summed E-state index contributed by atoms with van der Waals surface area (Å²) in [7, 11) is -2.06. The summed E-state index contributed by atoms with van der Waals surface area (Å²) in [6, 6.07) is 75.5. The van der Waals surface area contributed by atoms with E-state index in [1.807, 2.05) is 0 Å². The first kappa shape index (κ1) is 39.4. The molecule has 0 bridgehead atoms. The third-order valence-corrected chi connectivity index (χ3v) is 21.0. The van der Waals surface area contributed by atoms with E-state index in [1.165, 1.54) is 154 Å². The molecule has 0 N–H and O–H groups in total. The van der Waals surface area contributed by atoms with Gasteiger partial charge in [0.25, 0.3) is 0 Å². The second kappa shape index (κ2) is 13.3. The Morgan fingerprint density at radius 2 is 0.739 bits per heavy atom. The Morgan fingerprint density at radius 3 is 1.39 bits per heavy atom. The molecule has 69 heavy (non-hydrogen) atoms. The number of hydrogen-bond acceptors (Lipinski definition) is 0. The van der Waals surface area contributed by atoms with Crippen molar-refractivity contribution in [1.82, 2.24) is 0 Å². The number of fused-ring (bicyclic) bond motifs is 14. The summed E-state index contributed by atoms with van der Waals surface area (Å²) in [4.78, 5) is 0. The second-order valence-corrected chi connectivity index (χ2v) is 26.2. The lowest BCUT2D eigenvalue weighted by Gasteiger charge is -2.25. The Bertz CT molecular complexity index is 4130. The minimum absolute atomic E-state index is 0.124. The second-order valence-electron chi connectivity index (χ2n) is 21.9. The van der Waals surface area contributed by atoms with Gasteiger partial charge >= 0.3 is 0 Å². The predicted molar refractivity (Wildman–Crippen MR) is 297 cm³/mol. The molecule has 0 atom stereocenters. The van der Waals surface area contributed by atoms with Crippen LogP contribution in [0, 0.1) is 0 Å². The van der Waals surface area contributed by atoms with Crippen LogP contribution in [0.25, 0.3) is 121 Å². The molecule has 0 fully saturated rings. The smallest absolute Gasteiger partial charge is 0.0623 e. The lowest BCUT2D eigenvalue weighted by Crippen LogP contribution is -2.49. The summed E-state index contributed by atoms with van der Waals surface area (Å²) in [5.74, 6) is 0. The fourth-order valence-electron chi connectivity index (χ4n) is 14.0. The highest BCUT2D eigenvalue weighted by atomic mass is 28.3. The van der Waals surface area contributed by atoms with E-state index < -0.39 is 8.07 Å². The summed E-state index contributed by atoms with van der Waals surface area (Å²) >= 11 is 0. The normalized spacial score (nSPS) is 15.4. The van der Waals surface area contributed by atoms with Crippen molar-refractivity contribution < 1.29 is 0 Å². The van der Waals surface area contributed by atoms with Crippen LogP contribution in [0.1, 0.15) is 49.9 Å². The van der Waals surface area contributed by atoms with Gasteiger partial charge in [0, 0.05) is 10.8 Å². The van der Waals surface area contributed by atoms with Gasteiger partial charge in [0.1, 0.15) is 8.07 Å². The van der Waals surface area contributed by atoms with Crippen molar-refractivity contribution in [2.75, 3.05) is 0 Å². The molecule has 11 aromatic rings. The quantitative estimate of drug-likeness (QED) is 0.122. The fourth-order valence-corrected chi connectivity index (χ4v) is 17.1. The van der Waals surface area contributed by atoms with Gasteiger partial charge in [0.15, 0.2) is 0 Å². The molecule has 1 heterocycles. The zero-order chi connectivity index (χ0) is 46.3. The molecule has 4 aliphatic rings. The summed E-state index contributed by atoms with van der Waals surface area (Å²) in [5.41, 5.74) is 26.7. The van der Waals surface area contributed by atoms with E-state index in [4.69, 9.17) is 0 Å². The van der Waals surface area contributed by atoms with Gasteiger partial charge in [-0.25, -0.2) is 0 Å². The third kappa shape index (κ3) is 5.03. The van der Waals surface area contributed by atoms with Crippen LogP contribution >= 0.6 is 0 Å². The van der Waals surface area contributed by atoms with Gasteiger partial charge in [0.05, 0.1) is 0 Å². The Hall–Kier alpha value is -7.58. The molecule has 0 saturated heterocycles. The monoisotopic (exact) mass is 894 g/mol. The van der Waals surface area contributed by atoms with Crippen molar-refractivity contribution in [3.05, 3.63) is 216 Å². The molecule has 0 spiro atoms. The van der Waals surface area contributed by atoms with E-state index in [0.717, 1.165) is 0 Å². The zero-order valence-electron chi connectivity index (χ0n) is 40.0. The first-order valence-corrected chi connectivity index (χ1v) is 27.8. The lowest BCUT2D eigenvalue weighted by molar-refractivity contribution is 0.660. The van der Waals surface area contributed by atoms with Gasteiger partial charge < -0.3 is 0 Å². The average molecular weight is 895 g/mol. The number of benzene rings is 11. The van der Waals surface area contributed by atoms with Crippen molar-refractivity contribution in [3.8, 4) is 89.0 Å². The molecule has 0 amide bonds. The molecule has 15 rings (SSSR count). The molecule has 0 radical (unpaired) electrons. The van der Waals surface area contributed by atoms with Crippen molar-refractivity contribution in [3.63, 3.8) is 0 Å². The maximum atomic E-state index is 2.66. The molecule has 0 saturated carbocycles. The Kier molecular flexibility index (Phi) is 7.62. The fraction of sp³-hybridized carbons (Fsp3) is 0.118. The van der Waals surface area contributed by atoms with Crippen molar-refractivity contribution in [1.29, 1.82) is 0 Å². The highest BCUT2D eigenvalue weighted by molar-refractivity contribution is 7.04. The molecule has 1 heteroatoms. The van der Waals surface area contributed by atoms with Gasteiger partial charge in [-0.3, -0.25) is 0 Å². The SMILES string of the molecule is CC1(C)c2ccccc2-c2ccc(-c3c4ccc(-c5ccc6c7c(cccc57)-c5ccccc5-6)cc4c(-c4ccc5c(c4)C(C)(C)c4ccccc4-5)c4cc5c(cc34)-c3ccccc3[Si]5(C)C)cc21. The van der Waals surface area contributed by atoms with E-state index in [2.05, 4.69) is 235 Å². The van der Waals surface area contributed by atoms with Crippen molar-refractivity contribution in [2.45, 2.75) is 51.6 Å². The number of hydrogen-bond donors (Lipinski definition) is 0. The van der Waals surface area contributed by atoms with Crippen LogP contribution in [0.4, 0.5) is 0 Å². The van der Waals surface area contributed by atoms with Gasteiger partial charge in [-0.1, -0.05) is 211 Å². The molecular weight excluding hydrogens is 845 g/mol. The van der Waals surface area contributed by atoms with Crippen LogP contribution < -0.4 is 10.4 Å². The molecule has 326 valence electrons. The van der Waals surface area contributed by atoms with Crippen LogP contribution in [0.15, 0.2) is 194 Å². The Morgan fingerprint density at radius 1 is 0.275 bits per heavy atom. The summed E-state index contributed by atoms with van der Waals surface area (Å²) in [5, 5.41) is 11.0. The zero-order valence-corrected chi connectivity index (χ0v) is 41.0. The Balaban J connectivity index is 1.07.